The lowest BCUT2D eigenvalue weighted by Gasteiger charge is -2.61. The van der Waals surface area contributed by atoms with Crippen molar-refractivity contribution >= 4 is 23.3 Å². The maximum Gasteiger partial charge on any atom is 0.306 e. The van der Waals surface area contributed by atoms with Gasteiger partial charge in [-0.15, -0.1) is 0 Å². The Hall–Kier alpha value is -1.86. The maximum absolute atomic E-state index is 14.1. The largest absolute Gasteiger partial charge is 0.481 e. The fraction of sp³-hybridized carbons (Fsp3) is 0.800. The fourth-order valence-corrected chi connectivity index (χ4v) is 9.20. The van der Waals surface area contributed by atoms with E-state index in [1.54, 1.807) is 0 Å². The summed E-state index contributed by atoms with van der Waals surface area (Å²) in [7, 11) is 0. The number of aliphatic carboxylic acids is 1. The van der Waals surface area contributed by atoms with Gasteiger partial charge in [-0.1, -0.05) is 48.5 Å². The molecule has 3 N–H and O–H groups in total. The average Bonchev–Trinajstić information content (AvgIpc) is 2.99. The lowest BCUT2D eigenvalue weighted by atomic mass is 9.42. The van der Waals surface area contributed by atoms with Gasteiger partial charge in [0.15, 0.2) is 5.78 Å². The average molecular weight is 517 g/mol. The number of ketones is 3. The van der Waals surface area contributed by atoms with Crippen LogP contribution in [0, 0.1) is 45.3 Å². The Morgan fingerprint density at radius 3 is 2.22 bits per heavy atom. The van der Waals surface area contributed by atoms with Crippen LogP contribution in [0.2, 0.25) is 0 Å². The predicted molar refractivity (Wildman–Crippen MR) is 137 cm³/mol. The van der Waals surface area contributed by atoms with Crippen LogP contribution in [-0.2, 0) is 19.2 Å². The second kappa shape index (κ2) is 8.84. The molecule has 0 aromatic carbocycles. The first kappa shape index (κ1) is 28.2. The minimum absolute atomic E-state index is 0.0106. The summed E-state index contributed by atoms with van der Waals surface area (Å²) in [6.45, 7) is 13.4. The second-order valence-electron chi connectivity index (χ2n) is 13.9. The third-order valence-corrected chi connectivity index (χ3v) is 11.6. The first-order chi connectivity index (χ1) is 16.9. The minimum Gasteiger partial charge on any atom is -0.481 e. The summed E-state index contributed by atoms with van der Waals surface area (Å²) in [4.78, 5) is 50.8. The monoisotopic (exact) mass is 516 g/mol. The molecule has 3 unspecified atom stereocenters. The van der Waals surface area contributed by atoms with E-state index in [1.165, 1.54) is 6.92 Å². The van der Waals surface area contributed by atoms with Crippen molar-refractivity contribution in [3.63, 3.8) is 0 Å². The van der Waals surface area contributed by atoms with E-state index < -0.39 is 45.8 Å². The normalized spacial score (nSPS) is 42.5. The van der Waals surface area contributed by atoms with Gasteiger partial charge in [-0.2, -0.15) is 0 Å². The van der Waals surface area contributed by atoms with Crippen molar-refractivity contribution in [3.05, 3.63) is 11.1 Å². The van der Waals surface area contributed by atoms with E-state index in [0.717, 1.165) is 0 Å². The Morgan fingerprint density at radius 1 is 1.00 bits per heavy atom. The van der Waals surface area contributed by atoms with E-state index in [1.807, 2.05) is 34.6 Å². The van der Waals surface area contributed by atoms with E-state index in [-0.39, 0.29) is 54.4 Å². The van der Waals surface area contributed by atoms with Crippen molar-refractivity contribution in [2.75, 3.05) is 0 Å². The third-order valence-electron chi connectivity index (χ3n) is 11.6. The van der Waals surface area contributed by atoms with Crippen molar-refractivity contribution < 1.29 is 34.5 Å². The highest BCUT2D eigenvalue weighted by Gasteiger charge is 2.70. The number of carboxylic acid groups (broad SMARTS) is 1. The lowest BCUT2D eigenvalue weighted by Crippen LogP contribution is -2.60. The predicted octanol–water partition coefficient (Wildman–Crippen LogP) is 4.13. The van der Waals surface area contributed by atoms with Crippen molar-refractivity contribution in [1.82, 2.24) is 0 Å². The molecule has 9 atom stereocenters. The molecule has 0 saturated heterocycles. The Labute approximate surface area is 220 Å². The van der Waals surface area contributed by atoms with Crippen LogP contribution in [0.4, 0.5) is 0 Å². The van der Waals surface area contributed by atoms with E-state index >= 15 is 0 Å². The number of hydrogen-bond donors (Lipinski definition) is 3. The SMILES string of the molecule is CC(CC(=O)C[C@@H](C)C1C[C@H](O)[C@@]2(C)C3=C(C(=O)C[C@]12C)[C@@]1(C)CCC(=O)C(C)(C)C1C[C@@H]3O)C(=O)O. The molecule has 7 heteroatoms. The van der Waals surface area contributed by atoms with Crippen molar-refractivity contribution in [2.45, 2.75) is 106 Å². The molecule has 2 fully saturated rings. The summed E-state index contributed by atoms with van der Waals surface area (Å²) >= 11 is 0. The standard InChI is InChI=1S/C30H44O7/c1-15(10-17(31)11-16(2)26(36)37)18-12-23(35)30(7)25-19(32)13-21-27(3,4)22(34)8-9-28(21,5)24(25)20(33)14-29(18,30)6/h15-16,18-19,21,23,32,35H,8-14H2,1-7H3,(H,36,37)/t15-,16?,18?,19+,21?,23+,28+,29-,30+/m1/s1. The quantitative estimate of drug-likeness (QED) is 0.484. The summed E-state index contributed by atoms with van der Waals surface area (Å²) in [5.74, 6) is -2.17. The first-order valence-electron chi connectivity index (χ1n) is 13.8. The van der Waals surface area contributed by atoms with Crippen LogP contribution in [0.25, 0.3) is 0 Å². The molecule has 4 rings (SSSR count). The Morgan fingerprint density at radius 2 is 1.62 bits per heavy atom. The van der Waals surface area contributed by atoms with Gasteiger partial charge in [0.05, 0.1) is 18.1 Å². The maximum atomic E-state index is 14.1. The number of carbonyl (C=O) groups excluding carboxylic acids is 3. The highest BCUT2D eigenvalue weighted by Crippen LogP contribution is 2.71. The molecule has 206 valence electrons. The van der Waals surface area contributed by atoms with Gasteiger partial charge in [-0.25, -0.2) is 0 Å². The minimum atomic E-state index is -1.00. The number of rotatable bonds is 6. The number of carbonyl (C=O) groups is 4. The summed E-state index contributed by atoms with van der Waals surface area (Å²) in [6, 6.07) is 0. The molecule has 0 aromatic rings. The number of carboxylic acids is 1. The topological polar surface area (TPSA) is 129 Å². The van der Waals surface area contributed by atoms with Gasteiger partial charge in [-0.3, -0.25) is 19.2 Å². The number of allylic oxidation sites excluding steroid dienone is 1. The van der Waals surface area contributed by atoms with Gasteiger partial charge in [-0.05, 0) is 48.0 Å². The van der Waals surface area contributed by atoms with Gasteiger partial charge < -0.3 is 15.3 Å². The molecule has 4 aliphatic rings. The number of hydrogen-bond acceptors (Lipinski definition) is 6. The molecule has 0 amide bonds. The zero-order valence-electron chi connectivity index (χ0n) is 23.4. The smallest absolute Gasteiger partial charge is 0.306 e. The molecular weight excluding hydrogens is 472 g/mol. The second-order valence-corrected chi connectivity index (χ2v) is 13.9. The number of aliphatic hydroxyl groups excluding tert-OH is 2. The molecule has 0 radical (unpaired) electrons. The van der Waals surface area contributed by atoms with Gasteiger partial charge in [0.1, 0.15) is 11.6 Å². The van der Waals surface area contributed by atoms with E-state index in [2.05, 4.69) is 6.92 Å². The molecule has 0 heterocycles. The van der Waals surface area contributed by atoms with Gasteiger partial charge in [0, 0.05) is 47.5 Å². The van der Waals surface area contributed by atoms with Crippen LogP contribution in [0.15, 0.2) is 11.1 Å². The van der Waals surface area contributed by atoms with Crippen molar-refractivity contribution in [2.24, 2.45) is 45.3 Å². The van der Waals surface area contributed by atoms with E-state index in [0.29, 0.717) is 36.8 Å². The van der Waals surface area contributed by atoms with Crippen LogP contribution in [0.3, 0.4) is 0 Å². The van der Waals surface area contributed by atoms with E-state index in [4.69, 9.17) is 0 Å². The molecule has 2 saturated carbocycles. The van der Waals surface area contributed by atoms with Crippen molar-refractivity contribution in [3.8, 4) is 0 Å². The van der Waals surface area contributed by atoms with Crippen LogP contribution in [0.5, 0.6) is 0 Å². The molecule has 7 nitrogen and oxygen atoms in total. The van der Waals surface area contributed by atoms with Crippen LogP contribution in [0.1, 0.15) is 93.4 Å². The zero-order valence-corrected chi connectivity index (χ0v) is 23.4. The molecule has 0 aliphatic heterocycles. The van der Waals surface area contributed by atoms with Gasteiger partial charge >= 0.3 is 5.97 Å². The molecule has 0 bridgehead atoms. The molecule has 0 aromatic heterocycles. The molecular formula is C30H44O7. The van der Waals surface area contributed by atoms with Gasteiger partial charge in [0.25, 0.3) is 0 Å². The van der Waals surface area contributed by atoms with Gasteiger partial charge in [0.2, 0.25) is 0 Å². The summed E-state index contributed by atoms with van der Waals surface area (Å²) in [6.07, 6.45) is 0.421. The van der Waals surface area contributed by atoms with Crippen LogP contribution < -0.4 is 0 Å². The Bertz CT molecular complexity index is 1070. The number of fused-ring (bicyclic) bond motifs is 4. The molecule has 37 heavy (non-hydrogen) atoms. The summed E-state index contributed by atoms with van der Waals surface area (Å²) in [5.41, 5.74) is -1.40. The number of Topliss-reactive ketones (excluding diaryl/α,β-unsaturated/α-hetero) is 3. The van der Waals surface area contributed by atoms with Crippen molar-refractivity contribution in [1.29, 1.82) is 0 Å². The molecule has 4 aliphatic carbocycles. The Balaban J connectivity index is 1.74. The fourth-order valence-electron chi connectivity index (χ4n) is 9.20. The molecule has 0 spiro atoms. The Kier molecular flexibility index (Phi) is 6.72. The highest BCUT2D eigenvalue weighted by molar-refractivity contribution is 6.01. The van der Waals surface area contributed by atoms with E-state index in [9.17, 15) is 34.5 Å². The lowest BCUT2D eigenvalue weighted by molar-refractivity contribution is -0.146. The summed E-state index contributed by atoms with van der Waals surface area (Å²) < 4.78 is 0. The highest BCUT2D eigenvalue weighted by atomic mass is 16.4. The third kappa shape index (κ3) is 3.82. The van der Waals surface area contributed by atoms with Crippen LogP contribution >= 0.6 is 0 Å². The number of aliphatic hydroxyl groups is 2. The van der Waals surface area contributed by atoms with Crippen LogP contribution in [-0.4, -0.2) is 50.8 Å². The first-order valence-corrected chi connectivity index (χ1v) is 13.8. The summed E-state index contributed by atoms with van der Waals surface area (Å²) in [5, 5.41) is 32.4. The zero-order chi connectivity index (χ0) is 27.9.